The minimum atomic E-state index is -4.09. The lowest BCUT2D eigenvalue weighted by molar-refractivity contribution is -0.438. The largest absolute Gasteiger partial charge is 0.341 e. The quantitative estimate of drug-likeness (QED) is 0.619. The number of ether oxygens (including phenoxy) is 4. The monoisotopic (exact) mass is 426 g/mol. The Morgan fingerprint density at radius 1 is 0.500 bits per heavy atom. The van der Waals surface area contributed by atoms with E-state index in [9.17, 15) is 0 Å². The maximum absolute atomic E-state index is 16.5. The zero-order chi connectivity index (χ0) is 22.2. The standard InChI is InChI=1S/C22H22F4O4/c1-27-19(23)17(15-11-7-5-8-12-15)18(16-13-9-6-10-14-16)20(24,28-2)22(26,30-4)21(19,25)29-3/h5-14H,1-4H3. The Hall–Kier alpha value is -2.26. The van der Waals surface area contributed by atoms with Crippen molar-refractivity contribution in [3.05, 3.63) is 71.8 Å². The van der Waals surface area contributed by atoms with E-state index >= 15 is 17.6 Å². The molecule has 4 unspecified atom stereocenters. The number of hydrogen-bond acceptors (Lipinski definition) is 4. The first kappa shape index (κ1) is 22.4. The summed E-state index contributed by atoms with van der Waals surface area (Å²) in [6.07, 6.45) is 0. The van der Waals surface area contributed by atoms with E-state index in [0.29, 0.717) is 14.2 Å². The second-order valence-electron chi connectivity index (χ2n) is 6.68. The summed E-state index contributed by atoms with van der Waals surface area (Å²) in [5, 5.41) is 0. The Labute approximate surface area is 172 Å². The van der Waals surface area contributed by atoms with Gasteiger partial charge in [0.1, 0.15) is 0 Å². The first-order chi connectivity index (χ1) is 14.2. The van der Waals surface area contributed by atoms with Crippen LogP contribution in [0, 0.1) is 0 Å². The summed E-state index contributed by atoms with van der Waals surface area (Å²) in [6.45, 7) is 0. The van der Waals surface area contributed by atoms with Crippen LogP contribution in [0.1, 0.15) is 11.1 Å². The van der Waals surface area contributed by atoms with E-state index in [2.05, 4.69) is 9.47 Å². The molecule has 0 aliphatic heterocycles. The van der Waals surface area contributed by atoms with E-state index in [1.54, 1.807) is 12.1 Å². The predicted molar refractivity (Wildman–Crippen MR) is 103 cm³/mol. The molecule has 0 saturated heterocycles. The molecule has 0 bridgehead atoms. The Balaban J connectivity index is 2.60. The van der Waals surface area contributed by atoms with Crippen LogP contribution in [0.3, 0.4) is 0 Å². The van der Waals surface area contributed by atoms with Crippen LogP contribution >= 0.6 is 0 Å². The molecule has 30 heavy (non-hydrogen) atoms. The first-order valence-electron chi connectivity index (χ1n) is 9.03. The van der Waals surface area contributed by atoms with Crippen molar-refractivity contribution >= 4 is 11.1 Å². The van der Waals surface area contributed by atoms with Crippen molar-refractivity contribution in [1.29, 1.82) is 0 Å². The lowest BCUT2D eigenvalue weighted by Crippen LogP contribution is -2.75. The molecule has 0 fully saturated rings. The summed E-state index contributed by atoms with van der Waals surface area (Å²) in [4.78, 5) is 0. The van der Waals surface area contributed by atoms with Crippen molar-refractivity contribution in [1.82, 2.24) is 0 Å². The highest BCUT2D eigenvalue weighted by Gasteiger charge is 2.84. The topological polar surface area (TPSA) is 36.9 Å². The summed E-state index contributed by atoms with van der Waals surface area (Å²) >= 11 is 0. The minimum absolute atomic E-state index is 0.0389. The van der Waals surface area contributed by atoms with Crippen LogP contribution in [-0.4, -0.2) is 51.9 Å². The van der Waals surface area contributed by atoms with Gasteiger partial charge in [0.25, 0.3) is 0 Å². The summed E-state index contributed by atoms with van der Waals surface area (Å²) < 4.78 is 84.2. The van der Waals surface area contributed by atoms with Gasteiger partial charge in [0.15, 0.2) is 0 Å². The molecule has 0 saturated carbocycles. The fourth-order valence-electron chi connectivity index (χ4n) is 3.92. The highest BCUT2D eigenvalue weighted by molar-refractivity contribution is 5.99. The van der Waals surface area contributed by atoms with E-state index in [0.717, 1.165) is 14.2 Å². The van der Waals surface area contributed by atoms with Gasteiger partial charge in [0.2, 0.25) is 0 Å². The average Bonchev–Trinajstić information content (AvgIpc) is 2.80. The van der Waals surface area contributed by atoms with Gasteiger partial charge in [0, 0.05) is 39.6 Å². The van der Waals surface area contributed by atoms with Crippen LogP contribution in [0.4, 0.5) is 17.6 Å². The third kappa shape index (κ3) is 2.68. The molecule has 1 aliphatic carbocycles. The Morgan fingerprint density at radius 3 is 1.03 bits per heavy atom. The normalized spacial score (nSPS) is 34.3. The van der Waals surface area contributed by atoms with Gasteiger partial charge in [-0.05, 0) is 11.1 Å². The maximum Gasteiger partial charge on any atom is 0.338 e. The summed E-state index contributed by atoms with van der Waals surface area (Å²) in [5.74, 6) is -15.4. The lowest BCUT2D eigenvalue weighted by atomic mass is 9.72. The van der Waals surface area contributed by atoms with Gasteiger partial charge in [0.05, 0.1) is 0 Å². The summed E-state index contributed by atoms with van der Waals surface area (Å²) in [5.41, 5.74) is -1.18. The molecule has 8 heteroatoms. The Kier molecular flexibility index (Phi) is 5.81. The van der Waals surface area contributed by atoms with E-state index in [1.807, 2.05) is 0 Å². The average molecular weight is 426 g/mol. The van der Waals surface area contributed by atoms with E-state index in [4.69, 9.17) is 9.47 Å². The molecule has 2 aromatic rings. The number of rotatable bonds is 6. The zero-order valence-electron chi connectivity index (χ0n) is 16.9. The number of hydrogen-bond donors (Lipinski definition) is 0. The molecule has 4 atom stereocenters. The first-order valence-corrected chi connectivity index (χ1v) is 9.03. The smallest absolute Gasteiger partial charge is 0.338 e. The molecular formula is C22H22F4O4. The second kappa shape index (κ2) is 7.77. The number of benzene rings is 2. The van der Waals surface area contributed by atoms with E-state index < -0.39 is 34.6 Å². The van der Waals surface area contributed by atoms with Gasteiger partial charge < -0.3 is 18.9 Å². The van der Waals surface area contributed by atoms with Crippen LogP contribution in [0.5, 0.6) is 0 Å². The van der Waals surface area contributed by atoms with Crippen LogP contribution in [-0.2, 0) is 18.9 Å². The molecule has 0 spiro atoms. The van der Waals surface area contributed by atoms with Crippen LogP contribution in [0.15, 0.2) is 60.7 Å². The van der Waals surface area contributed by atoms with Crippen LogP contribution < -0.4 is 0 Å². The molecule has 3 rings (SSSR count). The molecule has 162 valence electrons. The Morgan fingerprint density at radius 2 is 0.800 bits per heavy atom. The molecular weight excluding hydrogens is 404 g/mol. The third-order valence-electron chi connectivity index (χ3n) is 5.38. The fourth-order valence-corrected chi connectivity index (χ4v) is 3.92. The molecule has 0 amide bonds. The SMILES string of the molecule is COC1(F)C(c2ccccc2)=C(c2ccccc2)C(F)(OC)C(F)(OC)C1(F)OC. The number of alkyl halides is 4. The van der Waals surface area contributed by atoms with Crippen molar-refractivity contribution in [2.24, 2.45) is 0 Å². The lowest BCUT2D eigenvalue weighted by Gasteiger charge is -2.54. The molecule has 1 aliphatic rings. The molecule has 4 nitrogen and oxygen atoms in total. The van der Waals surface area contributed by atoms with Crippen molar-refractivity contribution in [3.63, 3.8) is 0 Å². The molecule has 0 aromatic heterocycles. The predicted octanol–water partition coefficient (Wildman–Crippen LogP) is 4.86. The van der Waals surface area contributed by atoms with Gasteiger partial charge in [-0.15, -0.1) is 0 Å². The van der Waals surface area contributed by atoms with E-state index in [-0.39, 0.29) is 11.1 Å². The fraction of sp³-hybridized carbons (Fsp3) is 0.364. The maximum atomic E-state index is 16.5. The Bertz CT molecular complexity index is 850. The minimum Gasteiger partial charge on any atom is -0.341 e. The number of methoxy groups -OCH3 is 4. The zero-order valence-corrected chi connectivity index (χ0v) is 16.9. The molecule has 0 radical (unpaired) electrons. The third-order valence-corrected chi connectivity index (χ3v) is 5.38. The van der Waals surface area contributed by atoms with Crippen molar-refractivity contribution in [2.45, 2.75) is 23.4 Å². The van der Waals surface area contributed by atoms with Gasteiger partial charge in [-0.3, -0.25) is 0 Å². The number of halogens is 4. The highest BCUT2D eigenvalue weighted by Crippen LogP contribution is 2.64. The van der Waals surface area contributed by atoms with E-state index in [1.165, 1.54) is 48.5 Å². The van der Waals surface area contributed by atoms with Crippen molar-refractivity contribution in [3.8, 4) is 0 Å². The van der Waals surface area contributed by atoms with Gasteiger partial charge in [-0.25, -0.2) is 0 Å². The van der Waals surface area contributed by atoms with Gasteiger partial charge in [-0.1, -0.05) is 60.7 Å². The molecule has 0 heterocycles. The highest BCUT2D eigenvalue weighted by atomic mass is 19.2. The van der Waals surface area contributed by atoms with Crippen LogP contribution in [0.2, 0.25) is 0 Å². The van der Waals surface area contributed by atoms with Crippen LogP contribution in [0.25, 0.3) is 11.1 Å². The molecule has 2 aromatic carbocycles. The van der Waals surface area contributed by atoms with Gasteiger partial charge in [-0.2, -0.15) is 17.6 Å². The summed E-state index contributed by atoms with van der Waals surface area (Å²) in [6, 6.07) is 15.1. The molecule has 0 N–H and O–H groups in total. The van der Waals surface area contributed by atoms with Crippen molar-refractivity contribution < 1.29 is 36.5 Å². The second-order valence-corrected chi connectivity index (χ2v) is 6.68. The van der Waals surface area contributed by atoms with Crippen molar-refractivity contribution in [2.75, 3.05) is 28.4 Å². The van der Waals surface area contributed by atoms with Gasteiger partial charge >= 0.3 is 23.4 Å². The summed E-state index contributed by atoms with van der Waals surface area (Å²) in [7, 11) is 3.03.